The molecule has 0 amide bonds. The molecule has 0 unspecified atom stereocenters. The van der Waals surface area contributed by atoms with Crippen molar-refractivity contribution in [2.45, 2.75) is 13.0 Å². The highest BCUT2D eigenvalue weighted by Crippen LogP contribution is 2.25. The summed E-state index contributed by atoms with van der Waals surface area (Å²) >= 11 is 3.51. The topological polar surface area (TPSA) is 32.6 Å². The summed E-state index contributed by atoms with van der Waals surface area (Å²) in [4.78, 5) is 4.29. The average molecular weight is 177 g/mol. The van der Waals surface area contributed by atoms with Crippen LogP contribution in [0.25, 0.3) is 0 Å². The van der Waals surface area contributed by atoms with Gasteiger partial charge in [0.2, 0.25) is 0 Å². The maximum atomic E-state index is 8.72. The molecule has 2 nitrogen and oxygen atoms in total. The fourth-order valence-corrected chi connectivity index (χ4v) is 2.79. The van der Waals surface area contributed by atoms with Crippen LogP contribution in [0.15, 0.2) is 4.99 Å². The Morgan fingerprint density at radius 3 is 3.20 bits per heavy atom. The van der Waals surface area contributed by atoms with Crippen LogP contribution in [0.2, 0.25) is 0 Å². The van der Waals surface area contributed by atoms with Gasteiger partial charge in [0.05, 0.1) is 12.6 Å². The minimum Gasteiger partial charge on any atom is -0.394 e. The van der Waals surface area contributed by atoms with Crippen LogP contribution in [-0.4, -0.2) is 33.6 Å². The number of thioether (sulfide) groups is 2. The van der Waals surface area contributed by atoms with Crippen molar-refractivity contribution in [1.82, 2.24) is 0 Å². The summed E-state index contributed by atoms with van der Waals surface area (Å²) < 4.78 is 1.14. The molecule has 0 fully saturated rings. The van der Waals surface area contributed by atoms with Crippen LogP contribution in [-0.2, 0) is 0 Å². The monoisotopic (exact) mass is 177 g/mol. The first-order valence-electron chi connectivity index (χ1n) is 3.31. The van der Waals surface area contributed by atoms with E-state index in [0.29, 0.717) is 0 Å². The van der Waals surface area contributed by atoms with Gasteiger partial charge in [0.25, 0.3) is 0 Å². The number of hydrogen-bond donors (Lipinski definition) is 1. The van der Waals surface area contributed by atoms with E-state index >= 15 is 0 Å². The lowest BCUT2D eigenvalue weighted by Crippen LogP contribution is -2.08. The van der Waals surface area contributed by atoms with Gasteiger partial charge in [-0.05, 0) is 5.75 Å². The molecule has 1 rings (SSSR count). The van der Waals surface area contributed by atoms with E-state index in [4.69, 9.17) is 5.11 Å². The smallest absolute Gasteiger partial charge is 0.125 e. The number of rotatable bonds is 2. The number of hydrogen-bond acceptors (Lipinski definition) is 4. The Balaban J connectivity index is 2.33. The fourth-order valence-electron chi connectivity index (χ4n) is 0.687. The summed E-state index contributed by atoms with van der Waals surface area (Å²) in [6.45, 7) is 2.31. The highest BCUT2D eigenvalue weighted by molar-refractivity contribution is 8.39. The molecule has 1 aliphatic rings. The minimum absolute atomic E-state index is 0.166. The summed E-state index contributed by atoms with van der Waals surface area (Å²) in [5.74, 6) is 2.03. The van der Waals surface area contributed by atoms with E-state index in [9.17, 15) is 0 Å². The molecule has 1 heterocycles. The summed E-state index contributed by atoms with van der Waals surface area (Å²) in [5.41, 5.74) is 0. The molecule has 0 aliphatic carbocycles. The van der Waals surface area contributed by atoms with Crippen molar-refractivity contribution in [3.63, 3.8) is 0 Å². The van der Waals surface area contributed by atoms with Crippen LogP contribution in [0, 0.1) is 0 Å². The van der Waals surface area contributed by atoms with Gasteiger partial charge in [0.1, 0.15) is 4.38 Å². The molecule has 58 valence electrons. The zero-order chi connectivity index (χ0) is 7.40. The largest absolute Gasteiger partial charge is 0.394 e. The second-order valence-electron chi connectivity index (χ2n) is 1.98. The van der Waals surface area contributed by atoms with E-state index in [-0.39, 0.29) is 12.6 Å². The van der Waals surface area contributed by atoms with Crippen LogP contribution in [0.4, 0.5) is 0 Å². The van der Waals surface area contributed by atoms with E-state index in [0.717, 1.165) is 15.9 Å². The number of aliphatic imine (C=N–C) groups is 1. The standard InChI is InChI=1S/C6H11NOS2/c1-2-9-6-7-5(3-8)4-10-6/h5,8H,2-4H2,1H3/t5-/m1/s1. The van der Waals surface area contributed by atoms with Crippen LogP contribution in [0.1, 0.15) is 6.92 Å². The lowest BCUT2D eigenvalue weighted by Gasteiger charge is -1.95. The summed E-state index contributed by atoms with van der Waals surface area (Å²) in [6.07, 6.45) is 0. The van der Waals surface area contributed by atoms with Gasteiger partial charge >= 0.3 is 0 Å². The molecule has 1 N–H and O–H groups in total. The SMILES string of the molecule is CCSC1=N[C@H](CO)CS1. The Morgan fingerprint density at radius 1 is 1.90 bits per heavy atom. The van der Waals surface area contributed by atoms with Crippen molar-refractivity contribution in [2.75, 3.05) is 18.1 Å². The lowest BCUT2D eigenvalue weighted by atomic mass is 10.4. The molecule has 1 aliphatic heterocycles. The van der Waals surface area contributed by atoms with Gasteiger partial charge in [-0.1, -0.05) is 18.7 Å². The second-order valence-corrected chi connectivity index (χ2v) is 4.50. The molecule has 10 heavy (non-hydrogen) atoms. The van der Waals surface area contributed by atoms with Crippen LogP contribution >= 0.6 is 23.5 Å². The van der Waals surface area contributed by atoms with E-state index in [1.54, 1.807) is 23.5 Å². The lowest BCUT2D eigenvalue weighted by molar-refractivity contribution is 0.277. The van der Waals surface area contributed by atoms with Crippen molar-refractivity contribution in [3.8, 4) is 0 Å². The highest BCUT2D eigenvalue weighted by atomic mass is 32.2. The van der Waals surface area contributed by atoms with Gasteiger partial charge in [0, 0.05) is 5.75 Å². The van der Waals surface area contributed by atoms with Gasteiger partial charge in [-0.2, -0.15) is 0 Å². The van der Waals surface area contributed by atoms with Gasteiger partial charge in [0.15, 0.2) is 0 Å². The molecule has 0 saturated carbocycles. The van der Waals surface area contributed by atoms with Crippen molar-refractivity contribution in [2.24, 2.45) is 4.99 Å². The molecule has 4 heteroatoms. The van der Waals surface area contributed by atoms with Crippen molar-refractivity contribution in [1.29, 1.82) is 0 Å². The van der Waals surface area contributed by atoms with E-state index in [2.05, 4.69) is 11.9 Å². The van der Waals surface area contributed by atoms with Crippen LogP contribution in [0.5, 0.6) is 0 Å². The van der Waals surface area contributed by atoms with E-state index in [1.165, 1.54) is 0 Å². The normalized spacial score (nSPS) is 25.0. The summed E-state index contributed by atoms with van der Waals surface area (Å²) in [5, 5.41) is 8.72. The van der Waals surface area contributed by atoms with Crippen LogP contribution in [0.3, 0.4) is 0 Å². The molecular weight excluding hydrogens is 166 g/mol. The Kier molecular flexibility index (Phi) is 3.59. The molecule has 0 saturated heterocycles. The number of nitrogens with zero attached hydrogens (tertiary/aromatic N) is 1. The highest BCUT2D eigenvalue weighted by Gasteiger charge is 2.16. The molecule has 0 radical (unpaired) electrons. The third-order valence-electron chi connectivity index (χ3n) is 1.17. The number of aliphatic hydroxyl groups is 1. The third-order valence-corrected chi connectivity index (χ3v) is 3.42. The molecule has 1 atom stereocenters. The Morgan fingerprint density at radius 2 is 2.70 bits per heavy atom. The van der Waals surface area contributed by atoms with Gasteiger partial charge < -0.3 is 5.11 Å². The molecule has 0 aromatic carbocycles. The molecule has 0 aromatic heterocycles. The summed E-state index contributed by atoms with van der Waals surface area (Å²) in [6, 6.07) is 0.166. The Bertz CT molecular complexity index is 138. The Labute approximate surface area is 69.5 Å². The predicted octanol–water partition coefficient (Wildman–Crippen LogP) is 1.20. The Hall–Kier alpha value is 0.330. The first kappa shape index (κ1) is 8.43. The van der Waals surface area contributed by atoms with Crippen molar-refractivity contribution >= 4 is 27.9 Å². The molecule has 0 bridgehead atoms. The number of aliphatic hydroxyl groups excluding tert-OH is 1. The first-order chi connectivity index (χ1) is 4.86. The fraction of sp³-hybridized carbons (Fsp3) is 0.833. The third kappa shape index (κ3) is 2.18. The molecular formula is C6H11NOS2. The van der Waals surface area contributed by atoms with Crippen LogP contribution < -0.4 is 0 Å². The van der Waals surface area contributed by atoms with Crippen molar-refractivity contribution in [3.05, 3.63) is 0 Å². The van der Waals surface area contributed by atoms with Gasteiger partial charge in [-0.15, -0.1) is 11.8 Å². The quantitative estimate of drug-likeness (QED) is 0.688. The average Bonchev–Trinajstić information content (AvgIpc) is 2.37. The first-order valence-corrected chi connectivity index (χ1v) is 5.28. The zero-order valence-corrected chi connectivity index (χ0v) is 7.54. The maximum absolute atomic E-state index is 8.72. The zero-order valence-electron chi connectivity index (χ0n) is 5.91. The molecule has 0 spiro atoms. The predicted molar refractivity (Wildman–Crippen MR) is 48.9 cm³/mol. The maximum Gasteiger partial charge on any atom is 0.125 e. The van der Waals surface area contributed by atoms with E-state index in [1.807, 2.05) is 0 Å². The minimum atomic E-state index is 0.166. The molecule has 0 aromatic rings. The summed E-state index contributed by atoms with van der Waals surface area (Å²) in [7, 11) is 0. The van der Waals surface area contributed by atoms with Gasteiger partial charge in [-0.25, -0.2) is 0 Å². The van der Waals surface area contributed by atoms with E-state index < -0.39 is 0 Å². The van der Waals surface area contributed by atoms with Gasteiger partial charge in [-0.3, -0.25) is 4.99 Å². The second kappa shape index (κ2) is 4.26. The van der Waals surface area contributed by atoms with Crippen molar-refractivity contribution < 1.29 is 5.11 Å².